The first kappa shape index (κ1) is 18.4. The fourth-order valence-corrected chi connectivity index (χ4v) is 3.27. The van der Waals surface area contributed by atoms with Gasteiger partial charge in [-0.2, -0.15) is 5.10 Å². The highest BCUT2D eigenvalue weighted by atomic mass is 127. The van der Waals surface area contributed by atoms with Crippen LogP contribution in [0.25, 0.3) is 16.9 Å². The van der Waals surface area contributed by atoms with Gasteiger partial charge >= 0.3 is 0 Å². The van der Waals surface area contributed by atoms with Gasteiger partial charge in [0.25, 0.3) is 5.91 Å². The highest BCUT2D eigenvalue weighted by Crippen LogP contribution is 2.25. The van der Waals surface area contributed by atoms with Crippen LogP contribution >= 0.6 is 22.6 Å². The van der Waals surface area contributed by atoms with Gasteiger partial charge in [-0.1, -0.05) is 48.0 Å². The molecule has 1 N–H and O–H groups in total. The molecule has 0 atom stereocenters. The number of benzene rings is 3. The molecule has 0 aliphatic rings. The van der Waals surface area contributed by atoms with Crippen molar-refractivity contribution in [3.63, 3.8) is 0 Å². The predicted octanol–water partition coefficient (Wildman–Crippen LogP) is 5.70. The Hall–Kier alpha value is -2.93. The average Bonchev–Trinajstić information content (AvgIpc) is 3.17. The van der Waals surface area contributed by atoms with Crippen LogP contribution in [0.2, 0.25) is 0 Å². The molecule has 4 aromatic rings. The molecule has 1 amide bonds. The van der Waals surface area contributed by atoms with E-state index in [1.165, 1.54) is 0 Å². The molecular formula is C23H18IN3O. The number of para-hydroxylation sites is 1. The van der Waals surface area contributed by atoms with Gasteiger partial charge in [-0.15, -0.1) is 0 Å². The van der Waals surface area contributed by atoms with Crippen molar-refractivity contribution in [3.8, 4) is 16.9 Å². The van der Waals surface area contributed by atoms with Gasteiger partial charge in [0.1, 0.15) is 5.69 Å². The van der Waals surface area contributed by atoms with Crippen molar-refractivity contribution in [1.29, 1.82) is 0 Å². The Balaban J connectivity index is 1.75. The van der Waals surface area contributed by atoms with Gasteiger partial charge in [-0.05, 0) is 65.9 Å². The van der Waals surface area contributed by atoms with E-state index in [1.54, 1.807) is 10.9 Å². The smallest absolute Gasteiger partial charge is 0.259 e. The normalized spacial score (nSPS) is 10.6. The lowest BCUT2D eigenvalue weighted by Gasteiger charge is -2.06. The second kappa shape index (κ2) is 7.98. The van der Waals surface area contributed by atoms with Crippen LogP contribution in [-0.4, -0.2) is 15.7 Å². The number of carbonyl (C=O) groups is 1. The summed E-state index contributed by atoms with van der Waals surface area (Å²) in [5, 5.41) is 7.69. The number of halogens is 1. The molecule has 0 aliphatic carbocycles. The van der Waals surface area contributed by atoms with Crippen molar-refractivity contribution < 1.29 is 4.79 Å². The minimum Gasteiger partial charge on any atom is -0.322 e. The Kier molecular flexibility index (Phi) is 5.25. The van der Waals surface area contributed by atoms with E-state index in [0.29, 0.717) is 11.3 Å². The highest BCUT2D eigenvalue weighted by molar-refractivity contribution is 14.1. The molecule has 0 saturated heterocycles. The molecule has 0 unspecified atom stereocenters. The molecule has 1 heterocycles. The number of aryl methyl sites for hydroxylation is 1. The average molecular weight is 479 g/mol. The SMILES string of the molecule is Cc1ccc(-c2nn(-c3ccccc3)cc2C(=O)Nc2ccc(I)cc2)cc1. The first-order valence-electron chi connectivity index (χ1n) is 8.89. The molecular weight excluding hydrogens is 461 g/mol. The first-order chi connectivity index (χ1) is 13.6. The quantitative estimate of drug-likeness (QED) is 0.382. The molecule has 4 rings (SSSR count). The van der Waals surface area contributed by atoms with Crippen LogP contribution in [0, 0.1) is 10.5 Å². The summed E-state index contributed by atoms with van der Waals surface area (Å²) < 4.78 is 2.87. The number of hydrogen-bond donors (Lipinski definition) is 1. The lowest BCUT2D eigenvalue weighted by molar-refractivity contribution is 0.102. The van der Waals surface area contributed by atoms with Gasteiger partial charge in [-0.25, -0.2) is 4.68 Å². The van der Waals surface area contributed by atoms with Crippen LogP contribution in [0.4, 0.5) is 5.69 Å². The Morgan fingerprint density at radius 1 is 0.929 bits per heavy atom. The Labute approximate surface area is 177 Å². The van der Waals surface area contributed by atoms with Gasteiger partial charge in [0, 0.05) is 21.0 Å². The molecule has 4 nitrogen and oxygen atoms in total. The van der Waals surface area contributed by atoms with Crippen LogP contribution < -0.4 is 5.32 Å². The Morgan fingerprint density at radius 3 is 2.29 bits per heavy atom. The summed E-state index contributed by atoms with van der Waals surface area (Å²) >= 11 is 2.24. The maximum Gasteiger partial charge on any atom is 0.259 e. The molecule has 138 valence electrons. The van der Waals surface area contributed by atoms with Gasteiger partial charge in [-0.3, -0.25) is 4.79 Å². The number of carbonyl (C=O) groups excluding carboxylic acids is 1. The van der Waals surface area contributed by atoms with Gasteiger partial charge in [0.05, 0.1) is 11.3 Å². The van der Waals surface area contributed by atoms with Gasteiger partial charge in [0.15, 0.2) is 0 Å². The number of nitrogens with zero attached hydrogens (tertiary/aromatic N) is 2. The Morgan fingerprint density at radius 2 is 1.61 bits per heavy atom. The molecule has 0 spiro atoms. The molecule has 28 heavy (non-hydrogen) atoms. The summed E-state index contributed by atoms with van der Waals surface area (Å²) in [5.41, 5.74) is 4.93. The van der Waals surface area contributed by atoms with Crippen molar-refractivity contribution in [2.75, 3.05) is 5.32 Å². The number of rotatable bonds is 4. The zero-order chi connectivity index (χ0) is 19.5. The lowest BCUT2D eigenvalue weighted by atomic mass is 10.1. The molecule has 0 saturated carbocycles. The minimum atomic E-state index is -0.182. The molecule has 5 heteroatoms. The summed E-state index contributed by atoms with van der Waals surface area (Å²) in [5.74, 6) is -0.182. The first-order valence-corrected chi connectivity index (χ1v) is 9.97. The van der Waals surface area contributed by atoms with E-state index in [4.69, 9.17) is 5.10 Å². The van der Waals surface area contributed by atoms with Crippen molar-refractivity contribution >= 4 is 34.2 Å². The summed E-state index contributed by atoms with van der Waals surface area (Å²) in [6, 6.07) is 25.5. The van der Waals surface area contributed by atoms with Crippen LogP contribution in [0.1, 0.15) is 15.9 Å². The van der Waals surface area contributed by atoms with E-state index in [0.717, 1.165) is 26.1 Å². The maximum atomic E-state index is 13.0. The fourth-order valence-electron chi connectivity index (χ4n) is 2.91. The van der Waals surface area contributed by atoms with E-state index in [-0.39, 0.29) is 5.91 Å². The summed E-state index contributed by atoms with van der Waals surface area (Å²) in [6.45, 7) is 2.04. The summed E-state index contributed by atoms with van der Waals surface area (Å²) in [7, 11) is 0. The molecule has 0 bridgehead atoms. The second-order valence-electron chi connectivity index (χ2n) is 6.50. The van der Waals surface area contributed by atoms with Gasteiger partial charge < -0.3 is 5.32 Å². The van der Waals surface area contributed by atoms with E-state index >= 15 is 0 Å². The van der Waals surface area contributed by atoms with Crippen molar-refractivity contribution in [1.82, 2.24) is 9.78 Å². The molecule has 0 aliphatic heterocycles. The standard InChI is InChI=1S/C23H18IN3O/c1-16-7-9-17(10-8-16)22-21(15-27(26-22)20-5-3-2-4-6-20)23(28)25-19-13-11-18(24)12-14-19/h2-15H,1H3,(H,25,28). The second-order valence-corrected chi connectivity index (χ2v) is 7.74. The maximum absolute atomic E-state index is 13.0. The minimum absolute atomic E-state index is 0.182. The highest BCUT2D eigenvalue weighted by Gasteiger charge is 2.19. The third kappa shape index (κ3) is 3.99. The number of nitrogens with one attached hydrogen (secondary N) is 1. The zero-order valence-corrected chi connectivity index (χ0v) is 17.4. The van der Waals surface area contributed by atoms with Crippen LogP contribution in [0.15, 0.2) is 85.1 Å². The van der Waals surface area contributed by atoms with Crippen molar-refractivity contribution in [3.05, 3.63) is 99.8 Å². The molecule has 1 aromatic heterocycles. The Bertz CT molecular complexity index is 1100. The topological polar surface area (TPSA) is 46.9 Å². The monoisotopic (exact) mass is 479 g/mol. The molecule has 0 fully saturated rings. The lowest BCUT2D eigenvalue weighted by Crippen LogP contribution is -2.12. The predicted molar refractivity (Wildman–Crippen MR) is 121 cm³/mol. The van der Waals surface area contributed by atoms with Crippen LogP contribution in [0.5, 0.6) is 0 Å². The largest absolute Gasteiger partial charge is 0.322 e. The van der Waals surface area contributed by atoms with Crippen LogP contribution in [-0.2, 0) is 0 Å². The van der Waals surface area contributed by atoms with Gasteiger partial charge in [0.2, 0.25) is 0 Å². The fraction of sp³-hybridized carbons (Fsp3) is 0.0435. The van der Waals surface area contributed by atoms with E-state index < -0.39 is 0 Å². The van der Waals surface area contributed by atoms with E-state index in [2.05, 4.69) is 27.9 Å². The third-order valence-corrected chi connectivity index (χ3v) is 5.13. The number of amides is 1. The summed E-state index contributed by atoms with van der Waals surface area (Å²) in [4.78, 5) is 13.0. The third-order valence-electron chi connectivity index (χ3n) is 4.41. The number of hydrogen-bond acceptors (Lipinski definition) is 2. The summed E-state index contributed by atoms with van der Waals surface area (Å²) in [6.07, 6.45) is 1.78. The van der Waals surface area contributed by atoms with Crippen LogP contribution in [0.3, 0.4) is 0 Å². The molecule has 0 radical (unpaired) electrons. The van der Waals surface area contributed by atoms with Crippen molar-refractivity contribution in [2.24, 2.45) is 0 Å². The van der Waals surface area contributed by atoms with Crippen molar-refractivity contribution in [2.45, 2.75) is 6.92 Å². The zero-order valence-electron chi connectivity index (χ0n) is 15.3. The van der Waals surface area contributed by atoms with E-state index in [1.807, 2.05) is 85.8 Å². The molecule has 3 aromatic carbocycles. The van der Waals surface area contributed by atoms with E-state index in [9.17, 15) is 4.79 Å². The number of aromatic nitrogens is 2. The number of anilines is 1.